The minimum absolute atomic E-state index is 0.281. The van der Waals surface area contributed by atoms with Gasteiger partial charge < -0.3 is 25.6 Å². The molecule has 2 rings (SSSR count). The number of hydrogen-bond donors (Lipinski definition) is 3. The van der Waals surface area contributed by atoms with Gasteiger partial charge in [-0.3, -0.25) is 0 Å². The molecular formula is C8H14N2O4. The lowest BCUT2D eigenvalue weighted by Gasteiger charge is -2.37. The molecule has 0 bridgehead atoms. The van der Waals surface area contributed by atoms with Gasteiger partial charge in [0.05, 0.1) is 6.10 Å². The van der Waals surface area contributed by atoms with Crippen molar-refractivity contribution in [2.45, 2.75) is 36.8 Å². The maximum atomic E-state index is 11.2. The monoisotopic (exact) mass is 202 g/mol. The highest BCUT2D eigenvalue weighted by molar-refractivity contribution is 5.70. The summed E-state index contributed by atoms with van der Waals surface area (Å²) in [6.45, 7) is 0. The largest absolute Gasteiger partial charge is 0.441 e. The molecule has 80 valence electrons. The number of amides is 1. The summed E-state index contributed by atoms with van der Waals surface area (Å²) in [5.74, 6) is 0. The molecule has 0 aromatic heterocycles. The summed E-state index contributed by atoms with van der Waals surface area (Å²) in [7, 11) is 1.54. The molecule has 0 aromatic rings. The van der Waals surface area contributed by atoms with Crippen molar-refractivity contribution in [1.82, 2.24) is 4.90 Å². The Morgan fingerprint density at radius 3 is 2.86 bits per heavy atom. The van der Waals surface area contributed by atoms with E-state index in [1.54, 1.807) is 7.05 Å². The molecule has 1 saturated carbocycles. The third-order valence-corrected chi connectivity index (χ3v) is 2.99. The van der Waals surface area contributed by atoms with Crippen molar-refractivity contribution in [3.05, 3.63) is 0 Å². The van der Waals surface area contributed by atoms with E-state index in [9.17, 15) is 15.0 Å². The standard InChI is InChI=1S/C8H14N2O4/c1-10-5-4(11)2-3(9)6(12)7(5)14-8(10)13/h3-7,11-12H,2,9H2,1H3. The second-order valence-electron chi connectivity index (χ2n) is 3.91. The number of carbonyl (C=O) groups excluding carboxylic acids is 1. The van der Waals surface area contributed by atoms with Crippen LogP contribution < -0.4 is 5.73 Å². The quantitative estimate of drug-likeness (QED) is 0.433. The molecule has 4 N–H and O–H groups in total. The van der Waals surface area contributed by atoms with E-state index in [-0.39, 0.29) is 6.42 Å². The van der Waals surface area contributed by atoms with Crippen LogP contribution in [0.1, 0.15) is 6.42 Å². The number of hydrogen-bond acceptors (Lipinski definition) is 5. The first-order chi connectivity index (χ1) is 6.52. The molecule has 2 fully saturated rings. The molecule has 1 heterocycles. The van der Waals surface area contributed by atoms with Crippen LogP contribution in [0.4, 0.5) is 4.79 Å². The average Bonchev–Trinajstić information content (AvgIpc) is 2.40. The number of carbonyl (C=O) groups is 1. The van der Waals surface area contributed by atoms with Crippen molar-refractivity contribution in [1.29, 1.82) is 0 Å². The summed E-state index contributed by atoms with van der Waals surface area (Å²) in [4.78, 5) is 12.5. The third kappa shape index (κ3) is 1.18. The van der Waals surface area contributed by atoms with Crippen LogP contribution in [0.2, 0.25) is 0 Å². The van der Waals surface area contributed by atoms with Crippen LogP contribution in [0, 0.1) is 0 Å². The summed E-state index contributed by atoms with van der Waals surface area (Å²) in [6.07, 6.45) is -2.56. The molecule has 0 aromatic carbocycles. The molecule has 5 atom stereocenters. The molecule has 1 aliphatic carbocycles. The molecule has 1 aliphatic heterocycles. The van der Waals surface area contributed by atoms with E-state index in [4.69, 9.17) is 10.5 Å². The zero-order valence-electron chi connectivity index (χ0n) is 7.83. The summed E-state index contributed by atoms with van der Waals surface area (Å²) in [6, 6.07) is -1.01. The number of nitrogens with zero attached hydrogens (tertiary/aromatic N) is 1. The van der Waals surface area contributed by atoms with Crippen LogP contribution in [0.15, 0.2) is 0 Å². The topological polar surface area (TPSA) is 96.0 Å². The summed E-state index contributed by atoms with van der Waals surface area (Å²) in [5.41, 5.74) is 5.60. The van der Waals surface area contributed by atoms with Crippen molar-refractivity contribution in [2.24, 2.45) is 5.73 Å². The zero-order valence-corrected chi connectivity index (χ0v) is 7.83. The zero-order chi connectivity index (χ0) is 10.5. The second-order valence-corrected chi connectivity index (χ2v) is 3.91. The number of nitrogens with two attached hydrogens (primary N) is 1. The lowest BCUT2D eigenvalue weighted by atomic mass is 9.84. The molecule has 6 nitrogen and oxygen atoms in total. The lowest BCUT2D eigenvalue weighted by Crippen LogP contribution is -2.59. The van der Waals surface area contributed by atoms with E-state index in [0.29, 0.717) is 0 Å². The average molecular weight is 202 g/mol. The van der Waals surface area contributed by atoms with E-state index in [1.165, 1.54) is 4.90 Å². The lowest BCUT2D eigenvalue weighted by molar-refractivity contribution is -0.0650. The van der Waals surface area contributed by atoms with Gasteiger partial charge in [-0.15, -0.1) is 0 Å². The van der Waals surface area contributed by atoms with Gasteiger partial charge in [0.2, 0.25) is 0 Å². The minimum Gasteiger partial charge on any atom is -0.441 e. The Labute approximate surface area is 81.2 Å². The van der Waals surface area contributed by atoms with E-state index in [0.717, 1.165) is 0 Å². The van der Waals surface area contributed by atoms with Crippen molar-refractivity contribution < 1.29 is 19.7 Å². The summed E-state index contributed by atoms with van der Waals surface area (Å²) in [5, 5.41) is 19.4. The molecule has 2 aliphatic rings. The number of aliphatic hydroxyl groups excluding tert-OH is 2. The normalized spacial score (nSPS) is 47.6. The van der Waals surface area contributed by atoms with Crippen LogP contribution >= 0.6 is 0 Å². The van der Waals surface area contributed by atoms with Gasteiger partial charge in [-0.1, -0.05) is 0 Å². The van der Waals surface area contributed by atoms with Gasteiger partial charge in [-0.25, -0.2) is 4.79 Å². The Morgan fingerprint density at radius 1 is 1.57 bits per heavy atom. The SMILES string of the molecule is CN1C(=O)OC2C(O)C(N)CC(O)C21. The van der Waals surface area contributed by atoms with Crippen LogP contribution in [-0.4, -0.2) is 58.6 Å². The van der Waals surface area contributed by atoms with Gasteiger partial charge in [0.1, 0.15) is 12.1 Å². The first kappa shape index (κ1) is 9.70. The first-order valence-corrected chi connectivity index (χ1v) is 4.57. The Bertz CT molecular complexity index is 260. The highest BCUT2D eigenvalue weighted by atomic mass is 16.6. The molecular weight excluding hydrogens is 188 g/mol. The number of fused-ring (bicyclic) bond motifs is 1. The van der Waals surface area contributed by atoms with Crippen LogP contribution in [0.3, 0.4) is 0 Å². The molecule has 5 unspecified atom stereocenters. The second kappa shape index (κ2) is 3.08. The predicted molar refractivity (Wildman–Crippen MR) is 46.4 cm³/mol. The van der Waals surface area contributed by atoms with Crippen molar-refractivity contribution in [3.8, 4) is 0 Å². The smallest absolute Gasteiger partial charge is 0.410 e. The number of ether oxygens (including phenoxy) is 1. The fourth-order valence-electron chi connectivity index (χ4n) is 2.16. The Hall–Kier alpha value is -0.850. The summed E-state index contributed by atoms with van der Waals surface area (Å²) < 4.78 is 4.93. The molecule has 1 saturated heterocycles. The maximum Gasteiger partial charge on any atom is 0.410 e. The molecule has 14 heavy (non-hydrogen) atoms. The number of rotatable bonds is 0. The van der Waals surface area contributed by atoms with Crippen LogP contribution in [0.5, 0.6) is 0 Å². The van der Waals surface area contributed by atoms with Crippen molar-refractivity contribution >= 4 is 6.09 Å². The number of likely N-dealkylation sites (N-methyl/N-ethyl adjacent to an activating group) is 1. The van der Waals surface area contributed by atoms with Gasteiger partial charge in [0.25, 0.3) is 0 Å². The molecule has 0 spiro atoms. The Morgan fingerprint density at radius 2 is 2.21 bits per heavy atom. The summed E-state index contributed by atoms with van der Waals surface area (Å²) >= 11 is 0. The third-order valence-electron chi connectivity index (χ3n) is 2.99. The van der Waals surface area contributed by atoms with Gasteiger partial charge in [0.15, 0.2) is 6.10 Å². The fraction of sp³-hybridized carbons (Fsp3) is 0.875. The van der Waals surface area contributed by atoms with E-state index in [1.807, 2.05) is 0 Å². The van der Waals surface area contributed by atoms with Crippen molar-refractivity contribution in [2.75, 3.05) is 7.05 Å². The predicted octanol–water partition coefficient (Wildman–Crippen LogP) is -1.74. The van der Waals surface area contributed by atoms with Gasteiger partial charge in [-0.2, -0.15) is 0 Å². The maximum absolute atomic E-state index is 11.2. The van der Waals surface area contributed by atoms with E-state index in [2.05, 4.69) is 0 Å². The molecule has 6 heteroatoms. The molecule has 0 radical (unpaired) electrons. The molecule has 1 amide bonds. The van der Waals surface area contributed by atoms with Gasteiger partial charge >= 0.3 is 6.09 Å². The highest BCUT2D eigenvalue weighted by Crippen LogP contribution is 2.30. The van der Waals surface area contributed by atoms with Gasteiger partial charge in [0, 0.05) is 13.1 Å². The van der Waals surface area contributed by atoms with Crippen LogP contribution in [-0.2, 0) is 4.74 Å². The Balaban J connectivity index is 2.24. The van der Waals surface area contributed by atoms with E-state index < -0.39 is 36.5 Å². The highest BCUT2D eigenvalue weighted by Gasteiger charge is 2.52. The minimum atomic E-state index is -0.891. The Kier molecular flexibility index (Phi) is 2.13. The van der Waals surface area contributed by atoms with Crippen LogP contribution in [0.25, 0.3) is 0 Å². The fourth-order valence-corrected chi connectivity index (χ4v) is 2.16. The number of aliphatic hydroxyl groups is 2. The first-order valence-electron chi connectivity index (χ1n) is 4.57. The van der Waals surface area contributed by atoms with E-state index >= 15 is 0 Å². The van der Waals surface area contributed by atoms with Gasteiger partial charge in [-0.05, 0) is 6.42 Å². The van der Waals surface area contributed by atoms with Crippen molar-refractivity contribution in [3.63, 3.8) is 0 Å².